The van der Waals surface area contributed by atoms with Gasteiger partial charge in [-0.3, -0.25) is 9.89 Å². The molecule has 4 N–H and O–H groups in total. The maximum absolute atomic E-state index is 11.5. The summed E-state index contributed by atoms with van der Waals surface area (Å²) in [7, 11) is 0. The van der Waals surface area contributed by atoms with E-state index in [9.17, 15) is 4.79 Å². The fourth-order valence-corrected chi connectivity index (χ4v) is 2.91. The van der Waals surface area contributed by atoms with Crippen LogP contribution in [0.15, 0.2) is 30.5 Å². The van der Waals surface area contributed by atoms with Crippen molar-refractivity contribution < 1.29 is 4.79 Å². The zero-order valence-electron chi connectivity index (χ0n) is 12.7. The Hall–Kier alpha value is -2.34. The van der Waals surface area contributed by atoms with E-state index in [-0.39, 0.29) is 5.91 Å². The lowest BCUT2D eigenvalue weighted by atomic mass is 10.1. The van der Waals surface area contributed by atoms with Gasteiger partial charge in [0.05, 0.1) is 11.8 Å². The summed E-state index contributed by atoms with van der Waals surface area (Å²) < 4.78 is 0. The molecule has 1 fully saturated rings. The molecule has 1 aromatic heterocycles. The van der Waals surface area contributed by atoms with Gasteiger partial charge in [-0.25, -0.2) is 0 Å². The number of primary amides is 1. The van der Waals surface area contributed by atoms with Crippen molar-refractivity contribution in [2.24, 2.45) is 5.73 Å². The first-order valence-electron chi connectivity index (χ1n) is 7.51. The third-order valence-corrected chi connectivity index (χ3v) is 4.21. The van der Waals surface area contributed by atoms with E-state index in [2.05, 4.69) is 20.4 Å². The van der Waals surface area contributed by atoms with Crippen LogP contribution in [-0.2, 0) is 6.54 Å². The fraction of sp³-hybridized carbons (Fsp3) is 0.375. The van der Waals surface area contributed by atoms with Crippen molar-refractivity contribution in [1.82, 2.24) is 15.5 Å². The first kappa shape index (κ1) is 14.6. The minimum Gasteiger partial charge on any atom is -0.369 e. The largest absolute Gasteiger partial charge is 0.369 e. The van der Waals surface area contributed by atoms with Crippen LogP contribution in [0.1, 0.15) is 28.0 Å². The Bertz CT molecular complexity index is 666. The lowest BCUT2D eigenvalue weighted by molar-refractivity contribution is 0.100. The molecule has 22 heavy (non-hydrogen) atoms. The molecule has 1 unspecified atom stereocenters. The first-order valence-corrected chi connectivity index (χ1v) is 7.51. The predicted molar refractivity (Wildman–Crippen MR) is 85.7 cm³/mol. The van der Waals surface area contributed by atoms with E-state index in [4.69, 9.17) is 5.73 Å². The van der Waals surface area contributed by atoms with Crippen molar-refractivity contribution >= 4 is 11.6 Å². The molecule has 1 atom stereocenters. The number of hydrogen-bond donors (Lipinski definition) is 3. The fourth-order valence-electron chi connectivity index (χ4n) is 2.91. The van der Waals surface area contributed by atoms with Crippen LogP contribution in [0, 0.1) is 6.92 Å². The highest BCUT2D eigenvalue weighted by molar-refractivity contribution is 5.98. The maximum atomic E-state index is 11.5. The molecule has 1 aromatic carbocycles. The molecule has 0 spiro atoms. The Kier molecular flexibility index (Phi) is 4.11. The average molecular weight is 299 g/mol. The highest BCUT2D eigenvalue weighted by Crippen LogP contribution is 2.24. The van der Waals surface area contributed by atoms with Crippen LogP contribution in [0.2, 0.25) is 0 Å². The van der Waals surface area contributed by atoms with Gasteiger partial charge >= 0.3 is 0 Å². The number of amides is 1. The quantitative estimate of drug-likeness (QED) is 0.774. The summed E-state index contributed by atoms with van der Waals surface area (Å²) in [4.78, 5) is 13.8. The number of nitrogens with zero attached hydrogens (tertiary/aromatic N) is 2. The number of para-hydroxylation sites is 1. The summed E-state index contributed by atoms with van der Waals surface area (Å²) in [6.45, 7) is 4.62. The van der Waals surface area contributed by atoms with Crippen molar-refractivity contribution in [2.45, 2.75) is 25.9 Å². The van der Waals surface area contributed by atoms with E-state index in [1.54, 1.807) is 6.07 Å². The number of carbonyl (C=O) groups is 1. The Morgan fingerprint density at radius 3 is 3.05 bits per heavy atom. The maximum Gasteiger partial charge on any atom is 0.250 e. The Morgan fingerprint density at radius 2 is 2.32 bits per heavy atom. The summed E-state index contributed by atoms with van der Waals surface area (Å²) in [6.07, 6.45) is 2.90. The van der Waals surface area contributed by atoms with Gasteiger partial charge in [0.2, 0.25) is 0 Å². The summed E-state index contributed by atoms with van der Waals surface area (Å²) in [5.74, 6) is -0.374. The molecule has 1 aliphatic heterocycles. The number of carbonyl (C=O) groups excluding carboxylic acids is 1. The topological polar surface area (TPSA) is 87.0 Å². The normalized spacial score (nSPS) is 17.9. The Balaban J connectivity index is 1.63. The molecular weight excluding hydrogens is 278 g/mol. The molecule has 0 radical (unpaired) electrons. The van der Waals surface area contributed by atoms with Crippen LogP contribution < -0.4 is 16.0 Å². The molecule has 6 nitrogen and oxygen atoms in total. The Morgan fingerprint density at radius 1 is 1.50 bits per heavy atom. The van der Waals surface area contributed by atoms with Crippen LogP contribution in [-0.4, -0.2) is 35.2 Å². The number of aromatic amines is 1. The number of H-pyrrole nitrogens is 1. The lowest BCUT2D eigenvalue weighted by Gasteiger charge is -2.21. The molecule has 2 aromatic rings. The number of aryl methyl sites for hydroxylation is 1. The first-order chi connectivity index (χ1) is 10.6. The van der Waals surface area contributed by atoms with Gasteiger partial charge in [0.1, 0.15) is 0 Å². The molecule has 0 saturated carbocycles. The van der Waals surface area contributed by atoms with Crippen molar-refractivity contribution in [3.63, 3.8) is 0 Å². The van der Waals surface area contributed by atoms with Gasteiger partial charge in [-0.15, -0.1) is 0 Å². The number of hydrogen-bond acceptors (Lipinski definition) is 4. The summed E-state index contributed by atoms with van der Waals surface area (Å²) in [5.41, 5.74) is 9.27. The van der Waals surface area contributed by atoms with E-state index in [0.717, 1.165) is 37.4 Å². The van der Waals surface area contributed by atoms with Crippen molar-refractivity contribution in [1.29, 1.82) is 0 Å². The van der Waals surface area contributed by atoms with Gasteiger partial charge in [-0.05, 0) is 25.5 Å². The van der Waals surface area contributed by atoms with Crippen molar-refractivity contribution in [3.05, 3.63) is 47.3 Å². The van der Waals surface area contributed by atoms with Crippen LogP contribution in [0.3, 0.4) is 0 Å². The highest BCUT2D eigenvalue weighted by Gasteiger charge is 2.24. The Labute approximate surface area is 129 Å². The molecule has 0 aliphatic carbocycles. The average Bonchev–Trinajstić information content (AvgIpc) is 3.14. The molecule has 116 valence electrons. The molecule has 3 rings (SSSR count). The molecular formula is C16H21N5O. The number of nitrogens with two attached hydrogens (primary N) is 1. The predicted octanol–water partition coefficient (Wildman–Crippen LogP) is 1.19. The lowest BCUT2D eigenvalue weighted by Crippen LogP contribution is -2.32. The van der Waals surface area contributed by atoms with E-state index in [0.29, 0.717) is 11.6 Å². The zero-order chi connectivity index (χ0) is 15.5. The van der Waals surface area contributed by atoms with Crippen molar-refractivity contribution in [3.8, 4) is 0 Å². The number of anilines is 1. The summed E-state index contributed by atoms with van der Waals surface area (Å²) in [6, 6.07) is 7.93. The SMILES string of the molecule is Cc1[nH]ncc1CNC1CCN(c2ccccc2C(N)=O)C1. The summed E-state index contributed by atoms with van der Waals surface area (Å²) in [5, 5.41) is 10.5. The highest BCUT2D eigenvalue weighted by atomic mass is 16.1. The number of rotatable bonds is 5. The monoisotopic (exact) mass is 299 g/mol. The second-order valence-electron chi connectivity index (χ2n) is 5.71. The van der Waals surface area contributed by atoms with Gasteiger partial charge in [0.15, 0.2) is 0 Å². The second kappa shape index (κ2) is 6.19. The van der Waals surface area contributed by atoms with E-state index < -0.39 is 0 Å². The molecule has 2 heterocycles. The van der Waals surface area contributed by atoms with Crippen molar-refractivity contribution in [2.75, 3.05) is 18.0 Å². The standard InChI is InChI=1S/C16H21N5O/c1-11-12(9-19-20-11)8-18-13-6-7-21(10-13)15-5-3-2-4-14(15)16(17)22/h2-5,9,13,18H,6-8,10H2,1H3,(H2,17,22)(H,19,20). The van der Waals surface area contributed by atoms with Crippen LogP contribution in [0.25, 0.3) is 0 Å². The third kappa shape index (κ3) is 2.96. The van der Waals surface area contributed by atoms with E-state index in [1.807, 2.05) is 31.3 Å². The molecule has 1 amide bonds. The minimum absolute atomic E-state index is 0.374. The van der Waals surface area contributed by atoms with Gasteiger partial charge in [-0.2, -0.15) is 5.10 Å². The molecule has 6 heteroatoms. The van der Waals surface area contributed by atoms with Crippen LogP contribution in [0.5, 0.6) is 0 Å². The van der Waals surface area contributed by atoms with E-state index >= 15 is 0 Å². The smallest absolute Gasteiger partial charge is 0.250 e. The zero-order valence-corrected chi connectivity index (χ0v) is 12.7. The second-order valence-corrected chi connectivity index (χ2v) is 5.71. The molecule has 0 bridgehead atoms. The third-order valence-electron chi connectivity index (χ3n) is 4.21. The van der Waals surface area contributed by atoms with Gasteiger partial charge in [0.25, 0.3) is 5.91 Å². The van der Waals surface area contributed by atoms with E-state index in [1.165, 1.54) is 5.56 Å². The van der Waals surface area contributed by atoms with Crippen LogP contribution in [0.4, 0.5) is 5.69 Å². The summed E-state index contributed by atoms with van der Waals surface area (Å²) >= 11 is 0. The number of benzene rings is 1. The van der Waals surface area contributed by atoms with Gasteiger partial charge in [0, 0.05) is 42.6 Å². The van der Waals surface area contributed by atoms with Gasteiger partial charge < -0.3 is 16.0 Å². The molecule has 1 aliphatic rings. The minimum atomic E-state index is -0.374. The van der Waals surface area contributed by atoms with Crippen LogP contribution >= 0.6 is 0 Å². The molecule has 1 saturated heterocycles. The number of nitrogens with one attached hydrogen (secondary N) is 2. The number of aromatic nitrogens is 2. The van der Waals surface area contributed by atoms with Gasteiger partial charge in [-0.1, -0.05) is 12.1 Å².